The normalized spacial score (nSPS) is 24.8. The summed E-state index contributed by atoms with van der Waals surface area (Å²) in [7, 11) is 0. The van der Waals surface area contributed by atoms with E-state index in [-0.39, 0.29) is 17.9 Å². The lowest BCUT2D eigenvalue weighted by Gasteiger charge is -2.34. The highest BCUT2D eigenvalue weighted by molar-refractivity contribution is 6.35. The Bertz CT molecular complexity index is 475. The van der Waals surface area contributed by atoms with Crippen LogP contribution in [0, 0.1) is 5.92 Å². The van der Waals surface area contributed by atoms with Gasteiger partial charge in [0, 0.05) is 6.04 Å². The molecule has 1 saturated heterocycles. The second-order valence-electron chi connectivity index (χ2n) is 4.15. The maximum atomic E-state index is 12.1. The highest BCUT2D eigenvalue weighted by atomic mass is 35.5. The quantitative estimate of drug-likeness (QED) is 0.835. The van der Waals surface area contributed by atoms with Crippen LogP contribution in [0.2, 0.25) is 5.02 Å². The average Bonchev–Trinajstić information content (AvgIpc) is 2.29. The Hall–Kier alpha value is -1.55. The number of nitrogens with one attached hydrogen (secondary N) is 1. The third-order valence-corrected chi connectivity index (χ3v) is 3.33. The van der Waals surface area contributed by atoms with Crippen molar-refractivity contribution in [1.82, 2.24) is 5.32 Å². The number of hydrogen-bond donors (Lipinski definition) is 1. The van der Waals surface area contributed by atoms with Crippen LogP contribution in [-0.4, -0.2) is 18.0 Å². The molecule has 0 spiro atoms. The van der Waals surface area contributed by atoms with Crippen LogP contribution < -0.4 is 10.2 Å². The number of amides is 3. The van der Waals surface area contributed by atoms with Crippen molar-refractivity contribution in [3.63, 3.8) is 0 Å². The van der Waals surface area contributed by atoms with Gasteiger partial charge in [-0.3, -0.25) is 4.79 Å². The number of hydrogen-bond acceptors (Lipinski definition) is 2. The van der Waals surface area contributed by atoms with E-state index in [0.717, 1.165) is 4.90 Å². The Morgan fingerprint density at radius 2 is 1.88 bits per heavy atom. The van der Waals surface area contributed by atoms with Crippen molar-refractivity contribution in [3.8, 4) is 0 Å². The van der Waals surface area contributed by atoms with Gasteiger partial charge in [0.1, 0.15) is 0 Å². The number of halogens is 1. The summed E-state index contributed by atoms with van der Waals surface area (Å²) in [4.78, 5) is 25.1. The molecule has 0 saturated carbocycles. The average molecular weight is 253 g/mol. The number of imide groups is 1. The van der Waals surface area contributed by atoms with Crippen molar-refractivity contribution in [3.05, 3.63) is 29.3 Å². The third kappa shape index (κ3) is 2.00. The van der Waals surface area contributed by atoms with Crippen LogP contribution in [-0.2, 0) is 4.79 Å². The van der Waals surface area contributed by atoms with Gasteiger partial charge in [0.15, 0.2) is 0 Å². The molecular formula is C12H13ClN2O2. The number of nitrogens with zero attached hydrogens (tertiary/aromatic N) is 1. The summed E-state index contributed by atoms with van der Waals surface area (Å²) in [5.74, 6) is -0.488. The zero-order chi connectivity index (χ0) is 12.6. The largest absolute Gasteiger partial charge is 0.334 e. The van der Waals surface area contributed by atoms with Crippen LogP contribution in [0.3, 0.4) is 0 Å². The smallest absolute Gasteiger partial charge is 0.329 e. The molecule has 3 amide bonds. The zero-order valence-corrected chi connectivity index (χ0v) is 10.4. The highest BCUT2D eigenvalue weighted by Crippen LogP contribution is 2.28. The molecule has 0 bridgehead atoms. The van der Waals surface area contributed by atoms with Crippen LogP contribution in [0.4, 0.5) is 10.5 Å². The first kappa shape index (κ1) is 11.9. The number of carbonyl (C=O) groups excluding carboxylic acids is 2. The molecule has 2 atom stereocenters. The molecule has 1 aromatic rings. The molecule has 1 aliphatic rings. The molecule has 90 valence electrons. The maximum absolute atomic E-state index is 12.1. The summed E-state index contributed by atoms with van der Waals surface area (Å²) in [6.07, 6.45) is 0. The van der Waals surface area contributed by atoms with E-state index in [9.17, 15) is 9.59 Å². The topological polar surface area (TPSA) is 49.4 Å². The molecule has 4 nitrogen and oxygen atoms in total. The number of urea groups is 1. The summed E-state index contributed by atoms with van der Waals surface area (Å²) < 4.78 is 0. The molecule has 2 rings (SSSR count). The van der Waals surface area contributed by atoms with Gasteiger partial charge in [0.2, 0.25) is 5.91 Å². The van der Waals surface area contributed by atoms with Crippen LogP contribution >= 0.6 is 11.6 Å². The first-order valence-corrected chi connectivity index (χ1v) is 5.79. The Labute approximate surface area is 105 Å². The fourth-order valence-corrected chi connectivity index (χ4v) is 1.98. The summed E-state index contributed by atoms with van der Waals surface area (Å²) in [6, 6.07) is 6.22. The Balaban J connectivity index is 2.41. The molecule has 2 unspecified atom stereocenters. The molecule has 1 aliphatic heterocycles. The van der Waals surface area contributed by atoms with E-state index in [1.807, 2.05) is 6.92 Å². The van der Waals surface area contributed by atoms with Crippen molar-refractivity contribution < 1.29 is 9.59 Å². The first-order valence-electron chi connectivity index (χ1n) is 5.41. The molecule has 0 aromatic heterocycles. The fourth-order valence-electron chi connectivity index (χ4n) is 1.76. The standard InChI is InChI=1S/C12H13ClN2O2/c1-7-8(2)14-12(17)15(11(7)16)10-6-4-3-5-9(10)13/h3-8H,1-2H3,(H,14,17). The minimum absolute atomic E-state index is 0.159. The van der Waals surface area contributed by atoms with Gasteiger partial charge >= 0.3 is 6.03 Å². The number of benzene rings is 1. The number of carbonyl (C=O) groups is 2. The van der Waals surface area contributed by atoms with Gasteiger partial charge < -0.3 is 5.32 Å². The van der Waals surface area contributed by atoms with Crippen LogP contribution in [0.25, 0.3) is 0 Å². The number of para-hydroxylation sites is 1. The summed E-state index contributed by atoms with van der Waals surface area (Å²) in [5, 5.41) is 3.13. The van der Waals surface area contributed by atoms with Crippen molar-refractivity contribution in [2.45, 2.75) is 19.9 Å². The Morgan fingerprint density at radius 3 is 2.53 bits per heavy atom. The molecule has 1 heterocycles. The van der Waals surface area contributed by atoms with Gasteiger partial charge in [-0.25, -0.2) is 9.69 Å². The lowest BCUT2D eigenvalue weighted by atomic mass is 9.99. The molecular weight excluding hydrogens is 240 g/mol. The molecule has 1 N–H and O–H groups in total. The maximum Gasteiger partial charge on any atom is 0.329 e. The van der Waals surface area contributed by atoms with Crippen LogP contribution in [0.1, 0.15) is 13.8 Å². The van der Waals surface area contributed by atoms with E-state index in [4.69, 9.17) is 11.6 Å². The van der Waals surface area contributed by atoms with Crippen molar-refractivity contribution >= 4 is 29.2 Å². The monoisotopic (exact) mass is 252 g/mol. The molecule has 0 aliphatic carbocycles. The second kappa shape index (κ2) is 4.37. The Kier molecular flexibility index (Phi) is 3.07. The van der Waals surface area contributed by atoms with E-state index in [2.05, 4.69) is 5.32 Å². The van der Waals surface area contributed by atoms with Gasteiger partial charge in [-0.05, 0) is 19.1 Å². The lowest BCUT2D eigenvalue weighted by Crippen LogP contribution is -2.58. The number of rotatable bonds is 1. The van der Waals surface area contributed by atoms with E-state index >= 15 is 0 Å². The Morgan fingerprint density at radius 1 is 1.24 bits per heavy atom. The lowest BCUT2D eigenvalue weighted by molar-refractivity contribution is -0.122. The summed E-state index contributed by atoms with van der Waals surface area (Å²) in [6.45, 7) is 3.60. The minimum atomic E-state index is -0.422. The zero-order valence-electron chi connectivity index (χ0n) is 9.61. The number of anilines is 1. The van der Waals surface area contributed by atoms with E-state index in [1.165, 1.54) is 0 Å². The van der Waals surface area contributed by atoms with E-state index < -0.39 is 6.03 Å². The molecule has 5 heteroatoms. The predicted octanol–water partition coefficient (Wildman–Crippen LogP) is 2.42. The molecule has 17 heavy (non-hydrogen) atoms. The van der Waals surface area contributed by atoms with Crippen molar-refractivity contribution in [1.29, 1.82) is 0 Å². The third-order valence-electron chi connectivity index (χ3n) is 3.01. The van der Waals surface area contributed by atoms with E-state index in [1.54, 1.807) is 31.2 Å². The van der Waals surface area contributed by atoms with Crippen molar-refractivity contribution in [2.24, 2.45) is 5.92 Å². The SMILES string of the molecule is CC1NC(=O)N(c2ccccc2Cl)C(=O)C1C. The summed E-state index contributed by atoms with van der Waals surface area (Å²) >= 11 is 6.00. The molecule has 1 aromatic carbocycles. The minimum Gasteiger partial charge on any atom is -0.334 e. The first-order chi connectivity index (χ1) is 8.02. The second-order valence-corrected chi connectivity index (χ2v) is 4.56. The molecule has 0 radical (unpaired) electrons. The van der Waals surface area contributed by atoms with Gasteiger partial charge in [0.05, 0.1) is 16.6 Å². The van der Waals surface area contributed by atoms with Gasteiger partial charge in [-0.15, -0.1) is 0 Å². The highest BCUT2D eigenvalue weighted by Gasteiger charge is 2.37. The van der Waals surface area contributed by atoms with Gasteiger partial charge in [0.25, 0.3) is 0 Å². The summed E-state index contributed by atoms with van der Waals surface area (Å²) in [5.41, 5.74) is 0.426. The van der Waals surface area contributed by atoms with Crippen LogP contribution in [0.5, 0.6) is 0 Å². The molecule has 1 fully saturated rings. The van der Waals surface area contributed by atoms with Crippen molar-refractivity contribution in [2.75, 3.05) is 4.90 Å². The van der Waals surface area contributed by atoms with Gasteiger partial charge in [-0.1, -0.05) is 30.7 Å². The van der Waals surface area contributed by atoms with Crippen LogP contribution in [0.15, 0.2) is 24.3 Å². The predicted molar refractivity (Wildman–Crippen MR) is 66.1 cm³/mol. The van der Waals surface area contributed by atoms with Gasteiger partial charge in [-0.2, -0.15) is 0 Å². The van der Waals surface area contributed by atoms with E-state index in [0.29, 0.717) is 10.7 Å². The fraction of sp³-hybridized carbons (Fsp3) is 0.333.